The number of carbonyl (C=O) groups excluding carboxylic acids is 1. The highest BCUT2D eigenvalue weighted by Gasteiger charge is 2.33. The quantitative estimate of drug-likeness (QED) is 0.915. The van der Waals surface area contributed by atoms with Crippen LogP contribution >= 0.6 is 0 Å². The van der Waals surface area contributed by atoms with E-state index in [4.69, 9.17) is 5.14 Å². The molecule has 118 valence electrons. The van der Waals surface area contributed by atoms with Crippen molar-refractivity contribution in [2.24, 2.45) is 5.14 Å². The average molecular weight is 324 g/mol. The van der Waals surface area contributed by atoms with Gasteiger partial charge in [0.05, 0.1) is 4.90 Å². The summed E-state index contributed by atoms with van der Waals surface area (Å²) < 4.78 is 59.6. The van der Waals surface area contributed by atoms with Crippen LogP contribution in [-0.2, 0) is 10.0 Å². The van der Waals surface area contributed by atoms with E-state index in [9.17, 15) is 26.4 Å². The highest BCUT2D eigenvalue weighted by Crippen LogP contribution is 2.20. The third-order valence-electron chi connectivity index (χ3n) is 2.80. The predicted molar refractivity (Wildman–Crippen MR) is 70.2 cm³/mol. The van der Waals surface area contributed by atoms with Crippen LogP contribution in [0.4, 0.5) is 13.2 Å². The number of halogens is 3. The molecule has 0 bridgehead atoms. The third-order valence-corrected chi connectivity index (χ3v) is 3.71. The Morgan fingerprint density at radius 1 is 1.33 bits per heavy atom. The lowest BCUT2D eigenvalue weighted by Crippen LogP contribution is -2.39. The molecule has 1 aromatic rings. The first kappa shape index (κ1) is 17.4. The minimum absolute atomic E-state index is 0.00787. The highest BCUT2D eigenvalue weighted by molar-refractivity contribution is 7.89. The van der Waals surface area contributed by atoms with Crippen molar-refractivity contribution in [1.82, 2.24) is 4.90 Å². The number of benzene rings is 1. The normalized spacial score (nSPS) is 12.3. The first-order chi connectivity index (χ1) is 9.45. The summed E-state index contributed by atoms with van der Waals surface area (Å²) in [5.74, 6) is -0.812. The van der Waals surface area contributed by atoms with Crippen LogP contribution in [0.2, 0.25) is 0 Å². The molecule has 1 aromatic carbocycles. The van der Waals surface area contributed by atoms with Crippen LogP contribution in [0.25, 0.3) is 0 Å². The maximum Gasteiger partial charge on any atom is 0.406 e. The third kappa shape index (κ3) is 4.71. The fourth-order valence-electron chi connectivity index (χ4n) is 1.77. The van der Waals surface area contributed by atoms with Crippen LogP contribution in [0, 0.1) is 6.92 Å². The molecule has 5 nitrogen and oxygen atoms in total. The number of amides is 1. The molecular formula is C12H15F3N2O3S. The molecular weight excluding hydrogens is 309 g/mol. The Labute approximate surface area is 120 Å². The van der Waals surface area contributed by atoms with Gasteiger partial charge in [0, 0.05) is 12.1 Å². The van der Waals surface area contributed by atoms with Crippen LogP contribution in [0.3, 0.4) is 0 Å². The Morgan fingerprint density at radius 3 is 2.29 bits per heavy atom. The molecule has 1 amide bonds. The van der Waals surface area contributed by atoms with E-state index in [2.05, 4.69) is 0 Å². The van der Waals surface area contributed by atoms with E-state index in [1.54, 1.807) is 0 Å². The summed E-state index contributed by atoms with van der Waals surface area (Å²) in [4.78, 5) is 12.5. The lowest BCUT2D eigenvalue weighted by atomic mass is 10.1. The van der Waals surface area contributed by atoms with Gasteiger partial charge in [-0.25, -0.2) is 13.6 Å². The smallest absolute Gasteiger partial charge is 0.330 e. The van der Waals surface area contributed by atoms with Gasteiger partial charge < -0.3 is 4.90 Å². The number of rotatable bonds is 4. The van der Waals surface area contributed by atoms with Crippen LogP contribution in [0.1, 0.15) is 22.8 Å². The second-order valence-electron chi connectivity index (χ2n) is 4.46. The minimum Gasteiger partial charge on any atom is -0.330 e. The maximum absolute atomic E-state index is 12.4. The number of alkyl halides is 3. The molecule has 0 aliphatic heterocycles. The molecule has 0 radical (unpaired) electrons. The number of nitrogens with two attached hydrogens (primary N) is 1. The number of hydrogen-bond donors (Lipinski definition) is 1. The fraction of sp³-hybridized carbons (Fsp3) is 0.417. The molecule has 0 aliphatic rings. The molecule has 0 fully saturated rings. The van der Waals surface area contributed by atoms with E-state index in [1.165, 1.54) is 13.8 Å². The van der Waals surface area contributed by atoms with Gasteiger partial charge in [-0.3, -0.25) is 4.79 Å². The number of nitrogens with zero attached hydrogens (tertiary/aromatic N) is 1. The molecule has 1 rings (SSSR count). The van der Waals surface area contributed by atoms with Gasteiger partial charge in [-0.15, -0.1) is 0 Å². The molecule has 0 aliphatic carbocycles. The summed E-state index contributed by atoms with van der Waals surface area (Å²) in [5.41, 5.74) is 0.251. The molecule has 9 heteroatoms. The van der Waals surface area contributed by atoms with Gasteiger partial charge in [0.25, 0.3) is 5.91 Å². The van der Waals surface area contributed by atoms with Crippen molar-refractivity contribution in [2.75, 3.05) is 13.1 Å². The van der Waals surface area contributed by atoms with E-state index >= 15 is 0 Å². The standard InChI is InChI=1S/C12H15F3N2O3S/c1-3-17(7-12(13,14)15)11(18)10-5-4-9(6-8(10)2)21(16,19)20/h4-6H,3,7H2,1-2H3,(H2,16,19,20). The summed E-state index contributed by atoms with van der Waals surface area (Å²) in [6, 6.07) is 3.41. The Kier molecular flexibility index (Phi) is 5.00. The van der Waals surface area contributed by atoms with Crippen molar-refractivity contribution in [3.63, 3.8) is 0 Å². The zero-order chi connectivity index (χ0) is 16.4. The van der Waals surface area contributed by atoms with Gasteiger partial charge in [0.1, 0.15) is 6.54 Å². The van der Waals surface area contributed by atoms with Crippen molar-refractivity contribution in [3.05, 3.63) is 29.3 Å². The van der Waals surface area contributed by atoms with Crippen molar-refractivity contribution in [3.8, 4) is 0 Å². The van der Waals surface area contributed by atoms with Gasteiger partial charge in [0.2, 0.25) is 10.0 Å². The Balaban J connectivity index is 3.13. The second kappa shape index (κ2) is 6.02. The number of hydrogen-bond acceptors (Lipinski definition) is 3. The zero-order valence-electron chi connectivity index (χ0n) is 11.4. The molecule has 0 spiro atoms. The minimum atomic E-state index is -4.50. The summed E-state index contributed by atoms with van der Waals surface area (Å²) in [6.45, 7) is 1.38. The van der Waals surface area contributed by atoms with Crippen molar-refractivity contribution >= 4 is 15.9 Å². The molecule has 21 heavy (non-hydrogen) atoms. The lowest BCUT2D eigenvalue weighted by molar-refractivity contribution is -0.140. The summed E-state index contributed by atoms with van der Waals surface area (Å²) in [5, 5.41) is 4.95. The lowest BCUT2D eigenvalue weighted by Gasteiger charge is -2.23. The summed E-state index contributed by atoms with van der Waals surface area (Å²) >= 11 is 0. The average Bonchev–Trinajstić information content (AvgIpc) is 2.32. The van der Waals surface area contributed by atoms with Gasteiger partial charge >= 0.3 is 6.18 Å². The van der Waals surface area contributed by atoms with E-state index in [1.807, 2.05) is 0 Å². The zero-order valence-corrected chi connectivity index (χ0v) is 12.3. The Hall–Kier alpha value is -1.61. The molecule has 0 saturated carbocycles. The van der Waals surface area contributed by atoms with E-state index in [-0.39, 0.29) is 22.6 Å². The monoisotopic (exact) mass is 324 g/mol. The Bertz CT molecular complexity index is 642. The topological polar surface area (TPSA) is 80.5 Å². The van der Waals surface area contributed by atoms with Crippen molar-refractivity contribution in [2.45, 2.75) is 24.9 Å². The van der Waals surface area contributed by atoms with Crippen LogP contribution in [0.5, 0.6) is 0 Å². The van der Waals surface area contributed by atoms with Crippen molar-refractivity contribution in [1.29, 1.82) is 0 Å². The summed E-state index contributed by atoms with van der Waals surface area (Å²) in [7, 11) is -3.93. The Morgan fingerprint density at radius 2 is 1.90 bits per heavy atom. The second-order valence-corrected chi connectivity index (χ2v) is 6.02. The van der Waals surface area contributed by atoms with Crippen LogP contribution in [0.15, 0.2) is 23.1 Å². The number of sulfonamides is 1. The number of aryl methyl sites for hydroxylation is 1. The van der Waals surface area contributed by atoms with Gasteiger partial charge in [0.15, 0.2) is 0 Å². The van der Waals surface area contributed by atoms with Crippen molar-refractivity contribution < 1.29 is 26.4 Å². The first-order valence-electron chi connectivity index (χ1n) is 5.95. The van der Waals surface area contributed by atoms with Gasteiger partial charge in [-0.1, -0.05) is 0 Å². The maximum atomic E-state index is 12.4. The van der Waals surface area contributed by atoms with E-state index in [0.717, 1.165) is 18.2 Å². The highest BCUT2D eigenvalue weighted by atomic mass is 32.2. The van der Waals surface area contributed by atoms with E-state index < -0.39 is 28.7 Å². The van der Waals surface area contributed by atoms with Gasteiger partial charge in [-0.2, -0.15) is 13.2 Å². The number of carbonyl (C=O) groups is 1. The van der Waals surface area contributed by atoms with Crippen LogP contribution < -0.4 is 5.14 Å². The van der Waals surface area contributed by atoms with Crippen LogP contribution in [-0.4, -0.2) is 38.5 Å². The largest absolute Gasteiger partial charge is 0.406 e. The fourth-order valence-corrected chi connectivity index (χ4v) is 2.37. The SMILES string of the molecule is CCN(CC(F)(F)F)C(=O)c1ccc(S(N)(=O)=O)cc1C. The first-order valence-corrected chi connectivity index (χ1v) is 7.50. The van der Waals surface area contributed by atoms with Gasteiger partial charge in [-0.05, 0) is 37.6 Å². The summed E-state index contributed by atoms with van der Waals surface area (Å²) in [6.07, 6.45) is -4.50. The van der Waals surface area contributed by atoms with E-state index in [0.29, 0.717) is 4.90 Å². The molecule has 0 atom stereocenters. The molecule has 0 aromatic heterocycles. The number of primary sulfonamides is 1. The molecule has 2 N–H and O–H groups in total. The molecule has 0 saturated heterocycles. The molecule has 0 unspecified atom stereocenters. The predicted octanol–water partition coefficient (Wildman–Crippen LogP) is 1.67. The molecule has 0 heterocycles.